The number of carbonyl (C=O) groups is 2. The topological polar surface area (TPSA) is 87.2 Å². The van der Waals surface area contributed by atoms with Crippen LogP contribution < -0.4 is 0 Å². The number of nitrogens with zero attached hydrogens (tertiary/aromatic N) is 3. The number of benzene rings is 1. The number of carbonyl (C=O) groups excluding carboxylic acids is 2. The van der Waals surface area contributed by atoms with E-state index in [1.165, 1.54) is 11.4 Å². The second-order valence-corrected chi connectivity index (χ2v) is 11.2. The molecule has 1 aromatic carbocycles. The van der Waals surface area contributed by atoms with Crippen molar-refractivity contribution in [2.24, 2.45) is 0 Å². The summed E-state index contributed by atoms with van der Waals surface area (Å²) in [6.45, 7) is 5.44. The Labute approximate surface area is 209 Å². The molecule has 0 aromatic heterocycles. The van der Waals surface area contributed by atoms with Gasteiger partial charge >= 0.3 is 0 Å². The zero-order valence-electron chi connectivity index (χ0n) is 20.5. The average Bonchev–Trinajstić information content (AvgIpc) is 2.81. The Morgan fingerprint density at radius 1 is 1.12 bits per heavy atom. The van der Waals surface area contributed by atoms with Crippen LogP contribution in [0, 0.1) is 0 Å². The predicted octanol–water partition coefficient (Wildman–Crippen LogP) is 3.15. The molecule has 0 unspecified atom stereocenters. The van der Waals surface area contributed by atoms with Gasteiger partial charge in [-0.3, -0.25) is 9.59 Å². The molecule has 1 fully saturated rings. The number of hydrogen-bond acceptors (Lipinski definition) is 5. The summed E-state index contributed by atoms with van der Waals surface area (Å²) in [6, 6.07) is 7.23. The van der Waals surface area contributed by atoms with E-state index in [0.717, 1.165) is 12.0 Å². The van der Waals surface area contributed by atoms with Crippen molar-refractivity contribution in [2.75, 3.05) is 45.6 Å². The highest BCUT2D eigenvalue weighted by Crippen LogP contribution is 2.22. The molecule has 2 rings (SSSR count). The number of piperidine rings is 1. The largest absolute Gasteiger partial charge is 0.383 e. The number of sulfonamides is 1. The monoisotopic (exact) mass is 515 g/mol. The molecular formula is C24H38ClN3O5S. The Morgan fingerprint density at radius 2 is 1.76 bits per heavy atom. The first-order valence-corrected chi connectivity index (χ1v) is 14.0. The van der Waals surface area contributed by atoms with E-state index in [-0.39, 0.29) is 43.3 Å². The molecule has 0 bridgehead atoms. The zero-order valence-corrected chi connectivity index (χ0v) is 22.1. The normalized spacial score (nSPS) is 15.0. The van der Waals surface area contributed by atoms with E-state index in [9.17, 15) is 18.0 Å². The lowest BCUT2D eigenvalue weighted by Gasteiger charge is -2.39. The molecule has 1 aliphatic rings. The highest BCUT2D eigenvalue weighted by atomic mass is 35.5. The summed E-state index contributed by atoms with van der Waals surface area (Å²) in [5.74, 6) is -0.115. The van der Waals surface area contributed by atoms with Crippen LogP contribution >= 0.6 is 11.6 Å². The van der Waals surface area contributed by atoms with Gasteiger partial charge < -0.3 is 14.5 Å². The van der Waals surface area contributed by atoms with Crippen LogP contribution in [-0.2, 0) is 30.9 Å². The quantitative estimate of drug-likeness (QED) is 0.403. The van der Waals surface area contributed by atoms with E-state index in [0.29, 0.717) is 50.3 Å². The van der Waals surface area contributed by atoms with E-state index >= 15 is 0 Å². The number of halogens is 1. The van der Waals surface area contributed by atoms with Crippen molar-refractivity contribution < 1.29 is 22.7 Å². The summed E-state index contributed by atoms with van der Waals surface area (Å²) >= 11 is 6.02. The Hall–Kier alpha value is -1.68. The fourth-order valence-corrected chi connectivity index (χ4v) is 5.70. The molecule has 192 valence electrons. The molecule has 1 heterocycles. The fourth-order valence-electron chi connectivity index (χ4n) is 4.14. The fraction of sp³-hybridized carbons (Fsp3) is 0.667. The summed E-state index contributed by atoms with van der Waals surface area (Å²) in [5, 5.41) is 0.612. The van der Waals surface area contributed by atoms with E-state index in [1.807, 2.05) is 24.0 Å². The molecule has 1 saturated heterocycles. The third kappa shape index (κ3) is 8.52. The molecule has 1 aliphatic heterocycles. The Morgan fingerprint density at radius 3 is 2.32 bits per heavy atom. The molecule has 8 nitrogen and oxygen atoms in total. The highest BCUT2D eigenvalue weighted by Gasteiger charge is 2.32. The second kappa shape index (κ2) is 14.0. The van der Waals surface area contributed by atoms with Crippen molar-refractivity contribution in [2.45, 2.75) is 58.5 Å². The maximum atomic E-state index is 13.5. The van der Waals surface area contributed by atoms with Gasteiger partial charge in [0.15, 0.2) is 0 Å². The third-order valence-corrected chi connectivity index (χ3v) is 8.29. The Kier molecular flexibility index (Phi) is 11.8. The lowest BCUT2D eigenvalue weighted by atomic mass is 10.0. The molecule has 10 heteroatoms. The van der Waals surface area contributed by atoms with Gasteiger partial charge in [-0.05, 0) is 43.4 Å². The lowest BCUT2D eigenvalue weighted by Crippen LogP contribution is -2.51. The van der Waals surface area contributed by atoms with Crippen LogP contribution in [0.25, 0.3) is 0 Å². The van der Waals surface area contributed by atoms with E-state index < -0.39 is 10.0 Å². The summed E-state index contributed by atoms with van der Waals surface area (Å²) in [6.07, 6.45) is 3.13. The molecular weight excluding hydrogens is 478 g/mol. The van der Waals surface area contributed by atoms with E-state index in [1.54, 1.807) is 24.0 Å². The molecule has 0 radical (unpaired) electrons. The van der Waals surface area contributed by atoms with Crippen molar-refractivity contribution in [1.82, 2.24) is 14.1 Å². The van der Waals surface area contributed by atoms with Crippen molar-refractivity contribution in [3.63, 3.8) is 0 Å². The number of rotatable bonds is 13. The van der Waals surface area contributed by atoms with Crippen LogP contribution in [0.4, 0.5) is 0 Å². The Balaban J connectivity index is 2.21. The Bertz CT molecular complexity index is 886. The molecule has 0 spiro atoms. The summed E-state index contributed by atoms with van der Waals surface area (Å²) in [7, 11) is -2.07. The molecule has 0 saturated carbocycles. The van der Waals surface area contributed by atoms with Gasteiger partial charge in [-0.2, -0.15) is 4.31 Å². The summed E-state index contributed by atoms with van der Waals surface area (Å²) in [4.78, 5) is 29.5. The first-order valence-electron chi connectivity index (χ1n) is 12.0. The number of likely N-dealkylation sites (tertiary alicyclic amines) is 1. The van der Waals surface area contributed by atoms with Crippen LogP contribution in [0.3, 0.4) is 0 Å². The predicted molar refractivity (Wildman–Crippen MR) is 134 cm³/mol. The van der Waals surface area contributed by atoms with Crippen molar-refractivity contribution >= 4 is 33.4 Å². The van der Waals surface area contributed by atoms with Gasteiger partial charge in [0.05, 0.1) is 18.9 Å². The third-order valence-electron chi connectivity index (χ3n) is 6.02. The average molecular weight is 516 g/mol. The van der Waals surface area contributed by atoms with Crippen molar-refractivity contribution in [1.29, 1.82) is 0 Å². The number of amides is 2. The maximum absolute atomic E-state index is 13.5. The minimum atomic E-state index is -3.57. The van der Waals surface area contributed by atoms with Crippen LogP contribution in [0.2, 0.25) is 5.02 Å². The highest BCUT2D eigenvalue weighted by molar-refractivity contribution is 7.89. The van der Waals surface area contributed by atoms with Gasteiger partial charge in [0.25, 0.3) is 0 Å². The van der Waals surface area contributed by atoms with Crippen LogP contribution in [0.5, 0.6) is 0 Å². The lowest BCUT2D eigenvalue weighted by molar-refractivity contribution is -0.137. The smallest absolute Gasteiger partial charge is 0.238 e. The number of hydrogen-bond donors (Lipinski definition) is 0. The van der Waals surface area contributed by atoms with Crippen LogP contribution in [0.15, 0.2) is 24.3 Å². The van der Waals surface area contributed by atoms with Gasteiger partial charge in [0, 0.05) is 50.8 Å². The first-order chi connectivity index (χ1) is 16.2. The van der Waals surface area contributed by atoms with Gasteiger partial charge in [0.2, 0.25) is 21.8 Å². The molecule has 0 aliphatic carbocycles. The minimum absolute atomic E-state index is 0.0148. The van der Waals surface area contributed by atoms with Crippen molar-refractivity contribution in [3.05, 3.63) is 34.9 Å². The van der Waals surface area contributed by atoms with E-state index in [4.69, 9.17) is 16.3 Å². The standard InChI is InChI=1S/C24H38ClN3O5S/c1-4-6-23(29)26-13-11-22(12-14-26)28(18-20-7-9-21(25)10-8-20)24(30)19-27(15-16-33-3)34(31,32)17-5-2/h7-10,22H,4-6,11-19H2,1-3H3. The van der Waals surface area contributed by atoms with E-state index in [2.05, 4.69) is 0 Å². The van der Waals surface area contributed by atoms with Crippen LogP contribution in [0.1, 0.15) is 51.5 Å². The van der Waals surface area contributed by atoms with Gasteiger partial charge in [-0.25, -0.2) is 8.42 Å². The molecule has 2 amide bonds. The molecule has 34 heavy (non-hydrogen) atoms. The minimum Gasteiger partial charge on any atom is -0.383 e. The summed E-state index contributed by atoms with van der Waals surface area (Å²) < 4.78 is 31.9. The number of ether oxygens (including phenoxy) is 1. The van der Waals surface area contributed by atoms with Gasteiger partial charge in [-0.15, -0.1) is 0 Å². The molecule has 0 N–H and O–H groups in total. The van der Waals surface area contributed by atoms with Crippen LogP contribution in [-0.4, -0.2) is 86.0 Å². The SMILES string of the molecule is CCCC(=O)N1CCC(N(Cc2ccc(Cl)cc2)C(=O)CN(CCOC)S(=O)(=O)CCC)CC1. The second-order valence-electron chi connectivity index (χ2n) is 8.65. The maximum Gasteiger partial charge on any atom is 0.238 e. The zero-order chi connectivity index (χ0) is 25.1. The summed E-state index contributed by atoms with van der Waals surface area (Å²) in [5.41, 5.74) is 0.919. The van der Waals surface area contributed by atoms with Gasteiger partial charge in [-0.1, -0.05) is 37.6 Å². The molecule has 1 aromatic rings. The molecule has 0 atom stereocenters. The number of methoxy groups -OCH3 is 1. The first kappa shape index (κ1) is 28.6. The van der Waals surface area contributed by atoms with Gasteiger partial charge in [0.1, 0.15) is 0 Å². The van der Waals surface area contributed by atoms with Crippen molar-refractivity contribution in [3.8, 4) is 0 Å².